The molecule has 0 saturated heterocycles. The van der Waals surface area contributed by atoms with E-state index in [2.05, 4.69) is 29.0 Å². The Kier molecular flexibility index (Phi) is 5.45. The van der Waals surface area contributed by atoms with Crippen molar-refractivity contribution in [3.63, 3.8) is 0 Å². The number of rotatable bonds is 7. The van der Waals surface area contributed by atoms with E-state index >= 15 is 0 Å². The van der Waals surface area contributed by atoms with Crippen LogP contribution in [0.5, 0.6) is 5.75 Å². The molecular weight excluding hydrogens is 342 g/mol. The van der Waals surface area contributed by atoms with E-state index < -0.39 is 11.7 Å². The lowest BCUT2D eigenvalue weighted by molar-refractivity contribution is -0.112. The van der Waals surface area contributed by atoms with E-state index in [0.717, 1.165) is 24.3 Å². The van der Waals surface area contributed by atoms with Gasteiger partial charge in [-0.25, -0.2) is 0 Å². The van der Waals surface area contributed by atoms with E-state index in [4.69, 9.17) is 4.74 Å². The third-order valence-corrected chi connectivity index (χ3v) is 4.59. The van der Waals surface area contributed by atoms with Crippen LogP contribution in [0.2, 0.25) is 0 Å². The minimum Gasteiger partial charge on any atom is -0.497 e. The van der Waals surface area contributed by atoms with Crippen molar-refractivity contribution in [1.29, 1.82) is 0 Å². The molecule has 1 amide bonds. The molecule has 2 aromatic carbocycles. The number of carbonyl (C=O) groups excluding carboxylic acids is 2. The van der Waals surface area contributed by atoms with Crippen molar-refractivity contribution >= 4 is 34.0 Å². The van der Waals surface area contributed by atoms with Crippen LogP contribution in [-0.4, -0.2) is 36.9 Å². The minimum absolute atomic E-state index is 0.321. The van der Waals surface area contributed by atoms with E-state index in [1.807, 2.05) is 18.2 Å². The first kappa shape index (κ1) is 18.5. The molecule has 140 valence electrons. The monoisotopic (exact) mass is 365 g/mol. The van der Waals surface area contributed by atoms with E-state index in [1.165, 1.54) is 0 Å². The summed E-state index contributed by atoms with van der Waals surface area (Å²) in [4.78, 5) is 30.2. The average molecular weight is 365 g/mol. The average Bonchev–Trinajstić information content (AvgIpc) is 3.12. The van der Waals surface area contributed by atoms with Gasteiger partial charge in [0.25, 0.3) is 11.7 Å². The zero-order valence-electron chi connectivity index (χ0n) is 15.7. The smallest absolute Gasteiger partial charge is 0.296 e. The minimum atomic E-state index is -0.672. The second-order valence-electron chi connectivity index (χ2n) is 6.12. The lowest BCUT2D eigenvalue weighted by Gasteiger charge is -2.21. The van der Waals surface area contributed by atoms with Crippen molar-refractivity contribution in [2.75, 3.05) is 30.4 Å². The van der Waals surface area contributed by atoms with Crippen LogP contribution < -0.4 is 15.0 Å². The Balaban J connectivity index is 1.77. The third kappa shape index (κ3) is 3.79. The van der Waals surface area contributed by atoms with Gasteiger partial charge in [0.2, 0.25) is 0 Å². The molecule has 0 unspecified atom stereocenters. The topological polar surface area (TPSA) is 74.4 Å². The summed E-state index contributed by atoms with van der Waals surface area (Å²) in [6.07, 6.45) is 1.55. The van der Waals surface area contributed by atoms with Gasteiger partial charge in [0.15, 0.2) is 0 Å². The summed E-state index contributed by atoms with van der Waals surface area (Å²) in [5, 5.41) is 3.33. The van der Waals surface area contributed by atoms with Crippen molar-refractivity contribution < 1.29 is 14.3 Å². The molecule has 0 fully saturated rings. The van der Waals surface area contributed by atoms with Gasteiger partial charge in [-0.05, 0) is 56.3 Å². The number of Topliss-reactive ketones (excluding diaryl/α,β-unsaturated/α-hetero) is 1. The molecule has 6 nitrogen and oxygen atoms in total. The standard InChI is InChI=1S/C21H23N3O3/c1-4-24(5-2)15-8-6-14(7-9-15)23-21(26)20(25)18-13-22-19-11-10-16(27-3)12-17(18)19/h6-13,22H,4-5H2,1-3H3,(H,23,26). The van der Waals surface area contributed by atoms with E-state index in [-0.39, 0.29) is 0 Å². The molecule has 1 heterocycles. The van der Waals surface area contributed by atoms with Gasteiger partial charge in [-0.3, -0.25) is 9.59 Å². The lowest BCUT2D eigenvalue weighted by Crippen LogP contribution is -2.23. The highest BCUT2D eigenvalue weighted by Crippen LogP contribution is 2.24. The highest BCUT2D eigenvalue weighted by atomic mass is 16.5. The Morgan fingerprint density at radius 3 is 2.41 bits per heavy atom. The predicted octanol–water partition coefficient (Wildman–Crippen LogP) is 3.84. The molecule has 3 aromatic rings. The fourth-order valence-electron chi connectivity index (χ4n) is 3.07. The normalized spacial score (nSPS) is 10.6. The molecule has 0 atom stereocenters. The van der Waals surface area contributed by atoms with Gasteiger partial charge in [-0.2, -0.15) is 0 Å². The number of aromatic amines is 1. The van der Waals surface area contributed by atoms with Crippen molar-refractivity contribution in [1.82, 2.24) is 4.98 Å². The number of carbonyl (C=O) groups is 2. The largest absolute Gasteiger partial charge is 0.497 e. The number of anilines is 2. The SMILES string of the molecule is CCN(CC)c1ccc(NC(=O)C(=O)c2c[nH]c3ccc(OC)cc23)cc1. The van der Waals surface area contributed by atoms with Gasteiger partial charge < -0.3 is 19.9 Å². The number of benzene rings is 2. The molecule has 0 radical (unpaired) electrons. The highest BCUT2D eigenvalue weighted by molar-refractivity contribution is 6.48. The second kappa shape index (κ2) is 7.95. The Morgan fingerprint density at radius 1 is 1.07 bits per heavy atom. The van der Waals surface area contributed by atoms with Crippen molar-refractivity contribution in [2.45, 2.75) is 13.8 Å². The Bertz CT molecular complexity index is 956. The summed E-state index contributed by atoms with van der Waals surface area (Å²) in [6, 6.07) is 12.8. The van der Waals surface area contributed by atoms with Crippen molar-refractivity contribution in [3.8, 4) is 5.75 Å². The molecule has 0 aliphatic carbocycles. The van der Waals surface area contributed by atoms with Crippen LogP contribution in [0.15, 0.2) is 48.7 Å². The van der Waals surface area contributed by atoms with Gasteiger partial charge in [0, 0.05) is 41.6 Å². The van der Waals surface area contributed by atoms with Crippen LogP contribution in [0.1, 0.15) is 24.2 Å². The first-order chi connectivity index (χ1) is 13.1. The van der Waals surface area contributed by atoms with Crippen LogP contribution in [0.25, 0.3) is 10.9 Å². The first-order valence-corrected chi connectivity index (χ1v) is 8.93. The number of amides is 1. The van der Waals surface area contributed by atoms with Gasteiger partial charge in [0.05, 0.1) is 12.7 Å². The number of nitrogens with one attached hydrogen (secondary N) is 2. The van der Waals surface area contributed by atoms with E-state index in [0.29, 0.717) is 22.4 Å². The van der Waals surface area contributed by atoms with Crippen molar-refractivity contribution in [2.24, 2.45) is 0 Å². The molecule has 27 heavy (non-hydrogen) atoms. The number of nitrogens with zero attached hydrogens (tertiary/aromatic N) is 1. The predicted molar refractivity (Wildman–Crippen MR) is 108 cm³/mol. The summed E-state index contributed by atoms with van der Waals surface area (Å²) in [5.41, 5.74) is 2.76. The second-order valence-corrected chi connectivity index (χ2v) is 6.12. The first-order valence-electron chi connectivity index (χ1n) is 8.93. The molecule has 2 N–H and O–H groups in total. The van der Waals surface area contributed by atoms with Gasteiger partial charge in [0.1, 0.15) is 5.75 Å². The lowest BCUT2D eigenvalue weighted by atomic mass is 10.1. The zero-order chi connectivity index (χ0) is 19.4. The molecule has 1 aromatic heterocycles. The number of hydrogen-bond donors (Lipinski definition) is 2. The van der Waals surface area contributed by atoms with E-state index in [9.17, 15) is 9.59 Å². The summed E-state index contributed by atoms with van der Waals surface area (Å²) in [7, 11) is 1.56. The Labute approximate surface area is 158 Å². The van der Waals surface area contributed by atoms with Gasteiger partial charge in [-0.15, -0.1) is 0 Å². The van der Waals surface area contributed by atoms with Crippen LogP contribution >= 0.6 is 0 Å². The summed E-state index contributed by atoms with van der Waals surface area (Å²) in [5.74, 6) is -0.639. The van der Waals surface area contributed by atoms with Crippen molar-refractivity contribution in [3.05, 3.63) is 54.2 Å². The number of ether oxygens (including phenoxy) is 1. The van der Waals surface area contributed by atoms with Crippen LogP contribution in [0.4, 0.5) is 11.4 Å². The molecule has 0 spiro atoms. The maximum absolute atomic E-state index is 12.6. The summed E-state index contributed by atoms with van der Waals surface area (Å²) in [6.45, 7) is 6.00. The number of aromatic nitrogens is 1. The highest BCUT2D eigenvalue weighted by Gasteiger charge is 2.20. The Morgan fingerprint density at radius 2 is 1.78 bits per heavy atom. The van der Waals surface area contributed by atoms with Crippen LogP contribution in [0, 0.1) is 0 Å². The molecular formula is C21H23N3O3. The quantitative estimate of drug-likeness (QED) is 0.493. The molecule has 3 rings (SSSR count). The number of ketones is 1. The molecule has 0 saturated carbocycles. The van der Waals surface area contributed by atoms with Gasteiger partial charge >= 0.3 is 0 Å². The molecule has 6 heteroatoms. The molecule has 0 aliphatic rings. The number of methoxy groups -OCH3 is 1. The van der Waals surface area contributed by atoms with Crippen LogP contribution in [-0.2, 0) is 4.79 Å². The Hall–Kier alpha value is -3.28. The number of H-pyrrole nitrogens is 1. The maximum atomic E-state index is 12.6. The fraction of sp³-hybridized carbons (Fsp3) is 0.238. The summed E-state index contributed by atoms with van der Waals surface area (Å²) >= 11 is 0. The number of hydrogen-bond acceptors (Lipinski definition) is 4. The zero-order valence-corrected chi connectivity index (χ0v) is 15.7. The summed E-state index contributed by atoms with van der Waals surface area (Å²) < 4.78 is 5.20. The number of fused-ring (bicyclic) bond motifs is 1. The third-order valence-electron chi connectivity index (χ3n) is 4.59. The van der Waals surface area contributed by atoms with Gasteiger partial charge in [-0.1, -0.05) is 0 Å². The molecule has 0 aliphatic heterocycles. The fourth-order valence-corrected chi connectivity index (χ4v) is 3.07. The van der Waals surface area contributed by atoms with Crippen LogP contribution in [0.3, 0.4) is 0 Å². The molecule has 0 bridgehead atoms. The van der Waals surface area contributed by atoms with E-state index in [1.54, 1.807) is 37.6 Å². The maximum Gasteiger partial charge on any atom is 0.296 e.